The topological polar surface area (TPSA) is 63.6 Å². The third-order valence-corrected chi connectivity index (χ3v) is 6.28. The van der Waals surface area contributed by atoms with E-state index in [1.165, 1.54) is 0 Å². The van der Waals surface area contributed by atoms with E-state index in [2.05, 4.69) is 10.2 Å². The van der Waals surface area contributed by atoms with E-state index in [-0.39, 0.29) is 17.9 Å². The van der Waals surface area contributed by atoms with Gasteiger partial charge in [-0.2, -0.15) is 0 Å². The van der Waals surface area contributed by atoms with Crippen LogP contribution in [0.5, 0.6) is 0 Å². The van der Waals surface area contributed by atoms with Crippen molar-refractivity contribution >= 4 is 33.1 Å². The van der Waals surface area contributed by atoms with E-state index in [4.69, 9.17) is 4.74 Å². The molecule has 1 aliphatic heterocycles. The maximum absolute atomic E-state index is 13.1. The van der Waals surface area contributed by atoms with Crippen LogP contribution in [-0.4, -0.2) is 48.2 Å². The summed E-state index contributed by atoms with van der Waals surface area (Å²) >= 11 is 0. The zero-order chi connectivity index (χ0) is 22.6. The van der Waals surface area contributed by atoms with Crippen molar-refractivity contribution in [1.29, 1.82) is 0 Å². The average Bonchev–Trinajstić information content (AvgIpc) is 2.85. The SMILES string of the molecule is O=C(Cc1cccc2ccccc12)Nc1cccc2c(=O)n(CCN3CCOCC3)ccc12. The molecule has 5 rings (SSSR count). The second-order valence-electron chi connectivity index (χ2n) is 8.40. The number of amides is 1. The van der Waals surface area contributed by atoms with Crippen molar-refractivity contribution in [3.8, 4) is 0 Å². The van der Waals surface area contributed by atoms with E-state index in [1.54, 1.807) is 4.57 Å². The number of anilines is 1. The third-order valence-electron chi connectivity index (χ3n) is 6.28. The molecule has 1 aliphatic rings. The van der Waals surface area contributed by atoms with Gasteiger partial charge in [-0.05, 0) is 34.5 Å². The molecule has 0 atom stereocenters. The lowest BCUT2D eigenvalue weighted by Gasteiger charge is -2.26. The van der Waals surface area contributed by atoms with E-state index in [0.717, 1.165) is 54.6 Å². The minimum absolute atomic E-state index is 0.0362. The minimum Gasteiger partial charge on any atom is -0.379 e. The first kappa shape index (κ1) is 21.4. The number of pyridine rings is 1. The van der Waals surface area contributed by atoms with Crippen LogP contribution in [0.1, 0.15) is 5.56 Å². The molecule has 1 saturated heterocycles. The molecule has 1 amide bonds. The number of rotatable bonds is 6. The molecule has 6 heteroatoms. The fourth-order valence-corrected chi connectivity index (χ4v) is 4.49. The number of hydrogen-bond acceptors (Lipinski definition) is 4. The number of ether oxygens (including phenoxy) is 1. The minimum atomic E-state index is -0.102. The van der Waals surface area contributed by atoms with Crippen molar-refractivity contribution < 1.29 is 9.53 Å². The molecule has 33 heavy (non-hydrogen) atoms. The van der Waals surface area contributed by atoms with Gasteiger partial charge in [0.2, 0.25) is 5.91 Å². The van der Waals surface area contributed by atoms with Gasteiger partial charge in [0.25, 0.3) is 5.56 Å². The number of nitrogens with one attached hydrogen (secondary N) is 1. The van der Waals surface area contributed by atoms with Crippen molar-refractivity contribution in [2.75, 3.05) is 38.2 Å². The summed E-state index contributed by atoms with van der Waals surface area (Å²) in [5, 5.41) is 6.59. The molecule has 6 nitrogen and oxygen atoms in total. The molecule has 0 spiro atoms. The van der Waals surface area contributed by atoms with Gasteiger partial charge in [-0.25, -0.2) is 0 Å². The van der Waals surface area contributed by atoms with Crippen molar-refractivity contribution in [2.24, 2.45) is 0 Å². The quantitative estimate of drug-likeness (QED) is 0.496. The summed E-state index contributed by atoms with van der Waals surface area (Å²) in [5.41, 5.74) is 1.61. The third kappa shape index (κ3) is 4.67. The number of aromatic nitrogens is 1. The second-order valence-corrected chi connectivity index (χ2v) is 8.40. The van der Waals surface area contributed by atoms with Crippen LogP contribution >= 0.6 is 0 Å². The molecule has 0 bridgehead atoms. The molecule has 4 aromatic rings. The van der Waals surface area contributed by atoms with Gasteiger partial charge in [0.1, 0.15) is 0 Å². The number of morpholine rings is 1. The Labute approximate surface area is 192 Å². The average molecular weight is 442 g/mol. The molecule has 1 N–H and O–H groups in total. The number of carbonyl (C=O) groups is 1. The first-order chi connectivity index (χ1) is 16.2. The van der Waals surface area contributed by atoms with Crippen LogP contribution in [0.2, 0.25) is 0 Å². The molecule has 0 aliphatic carbocycles. The van der Waals surface area contributed by atoms with Gasteiger partial charge in [0.15, 0.2) is 0 Å². The predicted octanol–water partition coefficient (Wildman–Crippen LogP) is 3.67. The summed E-state index contributed by atoms with van der Waals surface area (Å²) in [7, 11) is 0. The highest BCUT2D eigenvalue weighted by Gasteiger charge is 2.13. The summed E-state index contributed by atoms with van der Waals surface area (Å²) in [5.74, 6) is -0.102. The van der Waals surface area contributed by atoms with Crippen molar-refractivity contribution in [1.82, 2.24) is 9.47 Å². The first-order valence-electron chi connectivity index (χ1n) is 11.4. The Kier molecular flexibility index (Phi) is 6.19. The van der Waals surface area contributed by atoms with Crippen LogP contribution < -0.4 is 10.9 Å². The Morgan fingerprint density at radius 1 is 0.848 bits per heavy atom. The monoisotopic (exact) mass is 441 g/mol. The summed E-state index contributed by atoms with van der Waals surface area (Å²) in [6.07, 6.45) is 2.10. The zero-order valence-electron chi connectivity index (χ0n) is 18.5. The van der Waals surface area contributed by atoms with Crippen LogP contribution in [0.4, 0.5) is 5.69 Å². The largest absolute Gasteiger partial charge is 0.379 e. The molecule has 0 radical (unpaired) electrons. The highest BCUT2D eigenvalue weighted by atomic mass is 16.5. The molecule has 2 heterocycles. The Balaban J connectivity index is 1.34. The highest BCUT2D eigenvalue weighted by Crippen LogP contribution is 2.23. The normalized spacial score (nSPS) is 14.5. The van der Waals surface area contributed by atoms with Gasteiger partial charge in [-0.1, -0.05) is 48.5 Å². The van der Waals surface area contributed by atoms with E-state index < -0.39 is 0 Å². The van der Waals surface area contributed by atoms with E-state index in [1.807, 2.05) is 72.9 Å². The second kappa shape index (κ2) is 9.57. The zero-order valence-corrected chi connectivity index (χ0v) is 18.5. The fraction of sp³-hybridized carbons (Fsp3) is 0.259. The van der Waals surface area contributed by atoms with Gasteiger partial charge in [-0.15, -0.1) is 0 Å². The van der Waals surface area contributed by atoms with Crippen LogP contribution in [0.3, 0.4) is 0 Å². The smallest absolute Gasteiger partial charge is 0.258 e. The molecule has 1 fully saturated rings. The maximum Gasteiger partial charge on any atom is 0.258 e. The lowest BCUT2D eigenvalue weighted by molar-refractivity contribution is -0.115. The van der Waals surface area contributed by atoms with Crippen molar-refractivity contribution in [3.05, 3.63) is 88.8 Å². The van der Waals surface area contributed by atoms with Crippen molar-refractivity contribution in [2.45, 2.75) is 13.0 Å². The number of benzene rings is 3. The first-order valence-corrected chi connectivity index (χ1v) is 11.4. The summed E-state index contributed by atoms with van der Waals surface area (Å²) in [6.45, 7) is 4.73. The Hall–Kier alpha value is -3.48. The number of fused-ring (bicyclic) bond motifs is 2. The van der Waals surface area contributed by atoms with Gasteiger partial charge in [-0.3, -0.25) is 14.5 Å². The van der Waals surface area contributed by atoms with Gasteiger partial charge < -0.3 is 14.6 Å². The summed E-state index contributed by atoms with van der Waals surface area (Å²) < 4.78 is 7.14. The summed E-state index contributed by atoms with van der Waals surface area (Å²) in [6, 6.07) is 21.5. The van der Waals surface area contributed by atoms with Gasteiger partial charge in [0, 0.05) is 48.8 Å². The van der Waals surface area contributed by atoms with Crippen LogP contribution in [0, 0.1) is 0 Å². The van der Waals surface area contributed by atoms with E-state index in [9.17, 15) is 9.59 Å². The Morgan fingerprint density at radius 2 is 1.61 bits per heavy atom. The fourth-order valence-electron chi connectivity index (χ4n) is 4.49. The van der Waals surface area contributed by atoms with Gasteiger partial charge in [0.05, 0.1) is 19.6 Å². The van der Waals surface area contributed by atoms with Gasteiger partial charge >= 0.3 is 0 Å². The van der Waals surface area contributed by atoms with Crippen LogP contribution in [-0.2, 0) is 22.5 Å². The van der Waals surface area contributed by atoms with E-state index in [0.29, 0.717) is 17.6 Å². The standard InChI is InChI=1S/C27H27N3O3/c31-26(19-21-7-3-6-20-5-1-2-8-22(20)21)28-25-10-4-9-24-23(25)11-12-30(27(24)32)14-13-29-15-17-33-18-16-29/h1-12H,13-19H2,(H,28,31). The Bertz CT molecular complexity index is 1350. The number of nitrogens with zero attached hydrogens (tertiary/aromatic N) is 2. The molecule has 168 valence electrons. The molecule has 1 aromatic heterocycles. The number of hydrogen-bond donors (Lipinski definition) is 1. The maximum atomic E-state index is 13.1. The van der Waals surface area contributed by atoms with Crippen LogP contribution in [0.15, 0.2) is 77.7 Å². The van der Waals surface area contributed by atoms with Crippen LogP contribution in [0.25, 0.3) is 21.5 Å². The summed E-state index contributed by atoms with van der Waals surface area (Å²) in [4.78, 5) is 28.3. The number of carbonyl (C=O) groups excluding carboxylic acids is 1. The molecular weight excluding hydrogens is 414 g/mol. The lowest BCUT2D eigenvalue weighted by Crippen LogP contribution is -2.39. The molecule has 3 aromatic carbocycles. The molecule has 0 unspecified atom stereocenters. The molecular formula is C27H27N3O3. The highest BCUT2D eigenvalue weighted by molar-refractivity contribution is 6.03. The van der Waals surface area contributed by atoms with E-state index >= 15 is 0 Å². The van der Waals surface area contributed by atoms with Crippen molar-refractivity contribution in [3.63, 3.8) is 0 Å². The lowest BCUT2D eigenvalue weighted by atomic mass is 10.0. The Morgan fingerprint density at radius 3 is 2.48 bits per heavy atom. The molecule has 0 saturated carbocycles. The predicted molar refractivity (Wildman–Crippen MR) is 132 cm³/mol.